The molecule has 193 valence electrons. The number of rotatable bonds is 11. The van der Waals surface area contributed by atoms with Crippen molar-refractivity contribution in [2.45, 2.75) is 91.1 Å². The van der Waals surface area contributed by atoms with Crippen molar-refractivity contribution in [1.29, 1.82) is 0 Å². The molecule has 2 rings (SSSR count). The molecule has 2 aromatic rings. The number of benzene rings is 2. The first-order valence-electron chi connectivity index (χ1n) is 12.4. The van der Waals surface area contributed by atoms with Gasteiger partial charge in [-0.05, 0) is 0 Å². The summed E-state index contributed by atoms with van der Waals surface area (Å²) in [4.78, 5) is 0. The predicted molar refractivity (Wildman–Crippen MR) is 146 cm³/mol. The van der Waals surface area contributed by atoms with Crippen LogP contribution in [0.25, 0.3) is 0 Å². The average molecular weight is 595 g/mol. The molecule has 0 saturated carbocycles. The van der Waals surface area contributed by atoms with Gasteiger partial charge in [0.2, 0.25) is 0 Å². The van der Waals surface area contributed by atoms with Crippen molar-refractivity contribution in [2.75, 3.05) is 13.1 Å². The third-order valence-electron chi connectivity index (χ3n) is 6.53. The van der Waals surface area contributed by atoms with E-state index in [9.17, 15) is 0 Å². The van der Waals surface area contributed by atoms with Crippen molar-refractivity contribution in [1.82, 2.24) is 3.64 Å². The summed E-state index contributed by atoms with van der Waals surface area (Å²) in [6.07, 6.45) is 0. The first-order chi connectivity index (χ1) is 15.9. The molecule has 4 N–H and O–H groups in total. The van der Waals surface area contributed by atoms with E-state index in [4.69, 9.17) is 30.8 Å². The molecular formula is C28H44Cl2N3Ru. The summed E-state index contributed by atoms with van der Waals surface area (Å²) < 4.78 is 2.16. The Bertz CT molecular complexity index is 804. The van der Waals surface area contributed by atoms with Crippen LogP contribution in [0.5, 0.6) is 0 Å². The van der Waals surface area contributed by atoms with Crippen LogP contribution in [0.3, 0.4) is 0 Å². The van der Waals surface area contributed by atoms with Crippen LogP contribution >= 0.6 is 19.4 Å². The number of nitrogens with two attached hydrogens (primary N) is 2. The monoisotopic (exact) mass is 594 g/mol. The van der Waals surface area contributed by atoms with Crippen molar-refractivity contribution in [3.05, 3.63) is 69.8 Å². The molecule has 0 aliphatic carbocycles. The van der Waals surface area contributed by atoms with Crippen molar-refractivity contribution in [3.63, 3.8) is 0 Å². The molecule has 0 aliphatic heterocycles. The van der Waals surface area contributed by atoms with Gasteiger partial charge >= 0.3 is 223 Å². The molecular weight excluding hydrogens is 550 g/mol. The van der Waals surface area contributed by atoms with E-state index in [2.05, 4.69) is 95.4 Å². The number of nitrogens with zero attached hydrogens (tertiary/aromatic N) is 1. The zero-order chi connectivity index (χ0) is 25.7. The van der Waals surface area contributed by atoms with E-state index in [1.807, 2.05) is 0 Å². The molecule has 6 heteroatoms. The summed E-state index contributed by atoms with van der Waals surface area (Å²) >= 11 is -2.24. The molecule has 0 fully saturated rings. The van der Waals surface area contributed by atoms with Gasteiger partial charge in [0.05, 0.1) is 0 Å². The Labute approximate surface area is 221 Å². The molecule has 0 heterocycles. The van der Waals surface area contributed by atoms with Gasteiger partial charge in [-0.3, -0.25) is 0 Å². The van der Waals surface area contributed by atoms with E-state index in [0.29, 0.717) is 36.8 Å². The third kappa shape index (κ3) is 7.28. The van der Waals surface area contributed by atoms with Crippen LogP contribution in [-0.4, -0.2) is 16.7 Å². The Hall–Kier alpha value is -0.477. The number of halogens is 2. The van der Waals surface area contributed by atoms with E-state index < -0.39 is 14.2 Å². The summed E-state index contributed by atoms with van der Waals surface area (Å²) in [5.41, 5.74) is 21.5. The zero-order valence-corrected chi connectivity index (χ0v) is 25.3. The van der Waals surface area contributed by atoms with Gasteiger partial charge in [0, 0.05) is 0 Å². The molecule has 2 aromatic carbocycles. The zero-order valence-electron chi connectivity index (χ0n) is 22.1. The van der Waals surface area contributed by atoms with Crippen LogP contribution < -0.4 is 11.5 Å². The Morgan fingerprint density at radius 2 is 0.882 bits per heavy atom. The molecule has 3 nitrogen and oxygen atoms in total. The Morgan fingerprint density at radius 3 is 1.09 bits per heavy atom. The van der Waals surface area contributed by atoms with Crippen LogP contribution in [0.4, 0.5) is 0 Å². The minimum atomic E-state index is -2.24. The van der Waals surface area contributed by atoms with Gasteiger partial charge in [-0.2, -0.15) is 0 Å². The van der Waals surface area contributed by atoms with E-state index in [-0.39, 0.29) is 12.1 Å². The summed E-state index contributed by atoms with van der Waals surface area (Å²) in [6.45, 7) is 19.0. The molecule has 0 radical (unpaired) electrons. The fourth-order valence-corrected chi connectivity index (χ4v) is 7.16. The molecule has 34 heavy (non-hydrogen) atoms. The summed E-state index contributed by atoms with van der Waals surface area (Å²) in [7, 11) is 13.3. The topological polar surface area (TPSA) is 55.3 Å². The molecule has 2 atom stereocenters. The fraction of sp³-hybridized carbons (Fsp3) is 0.571. The van der Waals surface area contributed by atoms with Gasteiger partial charge in [0.1, 0.15) is 0 Å². The third-order valence-corrected chi connectivity index (χ3v) is 9.99. The molecule has 2 unspecified atom stereocenters. The predicted octanol–water partition coefficient (Wildman–Crippen LogP) is 8.02. The molecule has 0 saturated heterocycles. The number of hydrogen-bond donors (Lipinski definition) is 2. The fourth-order valence-electron chi connectivity index (χ4n) is 4.85. The van der Waals surface area contributed by atoms with Gasteiger partial charge < -0.3 is 0 Å². The standard InChI is InChI=1S/C28H44N3.2ClH.Ru/c1-17(2)21-11-9-12-22(18(3)4)27(21)25(29)15-31-16-26(30)28-23(19(5)6)13-10-14-24(28)20(7)8;;;/h9-14,17-20,25-26H,15-16,29-30H2,1-8H3;2*1H;/q-1;;;+3/p-2. The van der Waals surface area contributed by atoms with Crippen LogP contribution in [0.15, 0.2) is 36.4 Å². The van der Waals surface area contributed by atoms with Crippen molar-refractivity contribution >= 4 is 19.4 Å². The molecule has 0 aliphatic rings. The maximum atomic E-state index is 6.90. The second-order valence-electron chi connectivity index (χ2n) is 10.5. The molecule has 0 bridgehead atoms. The van der Waals surface area contributed by atoms with Crippen molar-refractivity contribution in [2.24, 2.45) is 11.5 Å². The van der Waals surface area contributed by atoms with Gasteiger partial charge in [-0.15, -0.1) is 0 Å². The summed E-state index contributed by atoms with van der Waals surface area (Å²) in [5.74, 6) is 1.56. The van der Waals surface area contributed by atoms with Gasteiger partial charge in [-0.1, -0.05) is 0 Å². The maximum absolute atomic E-state index is 6.90. The van der Waals surface area contributed by atoms with Crippen LogP contribution in [0.2, 0.25) is 0 Å². The van der Waals surface area contributed by atoms with Crippen LogP contribution in [-0.2, 0) is 14.2 Å². The number of hydrogen-bond acceptors (Lipinski definition) is 3. The van der Waals surface area contributed by atoms with Gasteiger partial charge in [0.15, 0.2) is 0 Å². The van der Waals surface area contributed by atoms with E-state index >= 15 is 0 Å². The first kappa shape index (κ1) is 29.8. The van der Waals surface area contributed by atoms with Gasteiger partial charge in [-0.25, -0.2) is 0 Å². The molecule has 0 spiro atoms. The van der Waals surface area contributed by atoms with E-state index in [1.165, 1.54) is 33.4 Å². The van der Waals surface area contributed by atoms with Crippen LogP contribution in [0, 0.1) is 0 Å². The SMILES string of the molecule is CC(C)c1cccc(C(C)C)c1C(N)C[N](CC(N)c1c(C(C)C)cccc1C(C)C)[Ru]([Cl])[Cl]. The Balaban J connectivity index is 2.41. The Morgan fingerprint density at radius 1 is 0.618 bits per heavy atom. The van der Waals surface area contributed by atoms with Crippen molar-refractivity contribution < 1.29 is 14.2 Å². The normalized spacial score (nSPS) is 14.6. The second kappa shape index (κ2) is 13.2. The molecule has 0 aromatic heterocycles. The first-order valence-corrected chi connectivity index (χ1v) is 17.6. The van der Waals surface area contributed by atoms with Crippen molar-refractivity contribution in [3.8, 4) is 0 Å². The van der Waals surface area contributed by atoms with E-state index in [0.717, 1.165) is 0 Å². The molecule has 0 amide bonds. The summed E-state index contributed by atoms with van der Waals surface area (Å²) in [6, 6.07) is 12.7. The van der Waals surface area contributed by atoms with Crippen LogP contribution in [0.1, 0.15) is 125 Å². The van der Waals surface area contributed by atoms with Gasteiger partial charge in [0.25, 0.3) is 0 Å². The van der Waals surface area contributed by atoms with E-state index in [1.54, 1.807) is 0 Å². The average Bonchev–Trinajstić information content (AvgIpc) is 2.76. The minimum absolute atomic E-state index is 0.179. The Kier molecular flexibility index (Phi) is 11.5. The quantitative estimate of drug-likeness (QED) is 0.259. The second-order valence-corrected chi connectivity index (χ2v) is 16.3. The summed E-state index contributed by atoms with van der Waals surface area (Å²) in [5, 5.41) is 0.